The summed E-state index contributed by atoms with van der Waals surface area (Å²) < 4.78 is 0. The van der Waals surface area contributed by atoms with Gasteiger partial charge in [0, 0.05) is 38.8 Å². The van der Waals surface area contributed by atoms with Gasteiger partial charge in [-0.15, -0.1) is 0 Å². The molecule has 0 fully saturated rings. The number of nitrogens with two attached hydrogens (primary N) is 2. The lowest BCUT2D eigenvalue weighted by Crippen LogP contribution is -2.48. The summed E-state index contributed by atoms with van der Waals surface area (Å²) >= 11 is 0. The molecule has 0 bridgehead atoms. The standard InChI is InChI=1S/C13H31N7O/c1-10(2)20-11(4-3-6-19-13(15)16)12(21)18-9-8-17-7-5-14/h10-11,17,20H,3-9,14H2,1-2H3,(H,18,21)(H4,15,16,19). The quantitative estimate of drug-likeness (QED) is 0.130. The van der Waals surface area contributed by atoms with Gasteiger partial charge in [-0.3, -0.25) is 10.2 Å². The Hall–Kier alpha value is -1.38. The van der Waals surface area contributed by atoms with Gasteiger partial charge in [0.1, 0.15) is 0 Å². The van der Waals surface area contributed by atoms with Crippen molar-refractivity contribution in [1.82, 2.24) is 21.3 Å². The van der Waals surface area contributed by atoms with Crippen LogP contribution in [0.5, 0.6) is 0 Å². The van der Waals surface area contributed by atoms with Crippen molar-refractivity contribution in [3.63, 3.8) is 0 Å². The number of nitrogens with one attached hydrogen (secondary N) is 5. The minimum absolute atomic E-state index is 0.000994. The summed E-state index contributed by atoms with van der Waals surface area (Å²) in [6.45, 7) is 7.25. The van der Waals surface area contributed by atoms with Crippen molar-refractivity contribution in [3.05, 3.63) is 0 Å². The molecular weight excluding hydrogens is 270 g/mol. The normalized spacial score (nSPS) is 12.2. The third-order valence-corrected chi connectivity index (χ3v) is 2.76. The Bertz CT molecular complexity index is 296. The Morgan fingerprint density at radius 1 is 1.14 bits per heavy atom. The lowest BCUT2D eigenvalue weighted by Gasteiger charge is -2.21. The molecule has 1 unspecified atom stereocenters. The summed E-state index contributed by atoms with van der Waals surface area (Å²) in [4.78, 5) is 12.1. The van der Waals surface area contributed by atoms with E-state index >= 15 is 0 Å². The fourth-order valence-corrected chi connectivity index (χ4v) is 1.85. The molecule has 8 nitrogen and oxygen atoms in total. The monoisotopic (exact) mass is 301 g/mol. The third-order valence-electron chi connectivity index (χ3n) is 2.76. The minimum atomic E-state index is -0.228. The second-order valence-corrected chi connectivity index (χ2v) is 5.19. The molecule has 0 aromatic heterocycles. The zero-order chi connectivity index (χ0) is 16.1. The number of rotatable bonds is 12. The summed E-state index contributed by atoms with van der Waals surface area (Å²) in [5, 5.41) is 19.1. The molecule has 0 radical (unpaired) electrons. The van der Waals surface area contributed by atoms with E-state index in [1.165, 1.54) is 0 Å². The summed E-state index contributed by atoms with van der Waals surface area (Å²) in [6.07, 6.45) is 1.46. The van der Waals surface area contributed by atoms with Crippen molar-refractivity contribution in [2.24, 2.45) is 11.5 Å². The first kappa shape index (κ1) is 19.6. The Kier molecular flexibility index (Phi) is 11.6. The topological polar surface area (TPSA) is 141 Å². The highest BCUT2D eigenvalue weighted by Crippen LogP contribution is 1.99. The highest BCUT2D eigenvalue weighted by atomic mass is 16.2. The van der Waals surface area contributed by atoms with E-state index in [0.717, 1.165) is 13.0 Å². The van der Waals surface area contributed by atoms with Crippen molar-refractivity contribution in [2.75, 3.05) is 32.7 Å². The van der Waals surface area contributed by atoms with Crippen LogP contribution in [0.2, 0.25) is 0 Å². The van der Waals surface area contributed by atoms with Crippen LogP contribution in [0.25, 0.3) is 0 Å². The highest BCUT2D eigenvalue weighted by Gasteiger charge is 2.18. The van der Waals surface area contributed by atoms with E-state index in [2.05, 4.69) is 21.3 Å². The van der Waals surface area contributed by atoms with Crippen molar-refractivity contribution >= 4 is 11.9 Å². The van der Waals surface area contributed by atoms with Crippen LogP contribution in [0.3, 0.4) is 0 Å². The number of hydrogen-bond donors (Lipinski definition) is 7. The van der Waals surface area contributed by atoms with Gasteiger partial charge < -0.3 is 32.7 Å². The second-order valence-electron chi connectivity index (χ2n) is 5.19. The van der Waals surface area contributed by atoms with E-state index < -0.39 is 0 Å². The molecule has 0 spiro atoms. The summed E-state index contributed by atoms with van der Waals surface area (Å²) in [5.74, 6) is -0.0418. The van der Waals surface area contributed by atoms with Crippen LogP contribution in [-0.2, 0) is 4.79 Å². The molecule has 0 aromatic carbocycles. The van der Waals surface area contributed by atoms with Crippen LogP contribution in [0, 0.1) is 5.41 Å². The van der Waals surface area contributed by atoms with Gasteiger partial charge in [-0.05, 0) is 12.8 Å². The van der Waals surface area contributed by atoms with Crippen LogP contribution in [-0.4, -0.2) is 56.7 Å². The Labute approximate surface area is 127 Å². The molecule has 1 amide bonds. The van der Waals surface area contributed by atoms with Gasteiger partial charge in [-0.25, -0.2) is 0 Å². The van der Waals surface area contributed by atoms with Crippen LogP contribution < -0.4 is 32.7 Å². The highest BCUT2D eigenvalue weighted by molar-refractivity contribution is 5.81. The summed E-state index contributed by atoms with van der Waals surface area (Å²) in [7, 11) is 0. The average Bonchev–Trinajstić information content (AvgIpc) is 2.41. The zero-order valence-electron chi connectivity index (χ0n) is 13.2. The van der Waals surface area contributed by atoms with E-state index in [9.17, 15) is 4.79 Å². The van der Waals surface area contributed by atoms with Crippen molar-refractivity contribution in [1.29, 1.82) is 5.41 Å². The SMILES string of the molecule is CC(C)NC(CCCNC(=N)N)C(=O)NCCNCCN. The fraction of sp³-hybridized carbons (Fsp3) is 0.846. The van der Waals surface area contributed by atoms with Gasteiger partial charge in [-0.1, -0.05) is 13.8 Å². The maximum atomic E-state index is 12.1. The lowest BCUT2D eigenvalue weighted by atomic mass is 10.1. The van der Waals surface area contributed by atoms with Crippen molar-refractivity contribution in [2.45, 2.75) is 38.8 Å². The molecule has 0 heterocycles. The molecule has 9 N–H and O–H groups in total. The number of guanidine groups is 1. The molecule has 124 valence electrons. The molecular formula is C13H31N7O. The predicted molar refractivity (Wildman–Crippen MR) is 86.1 cm³/mol. The third kappa shape index (κ3) is 12.1. The van der Waals surface area contributed by atoms with Crippen LogP contribution >= 0.6 is 0 Å². The first-order chi connectivity index (χ1) is 9.97. The number of carbonyl (C=O) groups excluding carboxylic acids is 1. The average molecular weight is 301 g/mol. The molecule has 0 rings (SSSR count). The number of hydrogen-bond acceptors (Lipinski definition) is 5. The van der Waals surface area contributed by atoms with Crippen molar-refractivity contribution in [3.8, 4) is 0 Å². The molecule has 0 aliphatic heterocycles. The largest absolute Gasteiger partial charge is 0.370 e. The van der Waals surface area contributed by atoms with Gasteiger partial charge in [0.2, 0.25) is 5.91 Å². The Balaban J connectivity index is 4.01. The Morgan fingerprint density at radius 3 is 2.43 bits per heavy atom. The molecule has 0 saturated carbocycles. The van der Waals surface area contributed by atoms with Gasteiger partial charge in [0.05, 0.1) is 6.04 Å². The smallest absolute Gasteiger partial charge is 0.237 e. The van der Waals surface area contributed by atoms with Gasteiger partial charge >= 0.3 is 0 Å². The Morgan fingerprint density at radius 2 is 1.86 bits per heavy atom. The predicted octanol–water partition coefficient (Wildman–Crippen LogP) is -1.72. The van der Waals surface area contributed by atoms with Crippen LogP contribution in [0.4, 0.5) is 0 Å². The van der Waals surface area contributed by atoms with E-state index in [-0.39, 0.29) is 24.0 Å². The van der Waals surface area contributed by atoms with E-state index in [1.807, 2.05) is 13.8 Å². The van der Waals surface area contributed by atoms with E-state index in [0.29, 0.717) is 32.6 Å². The molecule has 0 aliphatic rings. The zero-order valence-corrected chi connectivity index (χ0v) is 13.2. The van der Waals surface area contributed by atoms with Gasteiger partial charge in [0.25, 0.3) is 0 Å². The first-order valence-corrected chi connectivity index (χ1v) is 7.49. The molecule has 0 aliphatic carbocycles. The van der Waals surface area contributed by atoms with Gasteiger partial charge in [0.15, 0.2) is 5.96 Å². The van der Waals surface area contributed by atoms with Crippen molar-refractivity contribution < 1.29 is 4.79 Å². The fourth-order valence-electron chi connectivity index (χ4n) is 1.85. The molecule has 21 heavy (non-hydrogen) atoms. The van der Waals surface area contributed by atoms with Crippen LogP contribution in [0.15, 0.2) is 0 Å². The van der Waals surface area contributed by atoms with Gasteiger partial charge in [-0.2, -0.15) is 0 Å². The maximum absolute atomic E-state index is 12.1. The molecule has 1 atom stereocenters. The summed E-state index contributed by atoms with van der Waals surface area (Å²) in [6, 6.07) is 0.00477. The van der Waals surface area contributed by atoms with Crippen LogP contribution in [0.1, 0.15) is 26.7 Å². The van der Waals surface area contributed by atoms with E-state index in [1.54, 1.807) is 0 Å². The molecule has 0 aromatic rings. The lowest BCUT2D eigenvalue weighted by molar-refractivity contribution is -0.123. The second kappa shape index (κ2) is 12.4. The molecule has 0 saturated heterocycles. The number of carbonyl (C=O) groups is 1. The maximum Gasteiger partial charge on any atom is 0.237 e. The van der Waals surface area contributed by atoms with E-state index in [4.69, 9.17) is 16.9 Å². The summed E-state index contributed by atoms with van der Waals surface area (Å²) in [5.41, 5.74) is 10.6. The number of amides is 1. The molecule has 8 heteroatoms. The first-order valence-electron chi connectivity index (χ1n) is 7.49. The minimum Gasteiger partial charge on any atom is -0.370 e.